The predicted molar refractivity (Wildman–Crippen MR) is 263 cm³/mol. The second-order valence-electron chi connectivity index (χ2n) is 16.4. The number of aliphatic carboxylic acids is 1. The highest BCUT2D eigenvalue weighted by Gasteiger charge is 2.25. The normalized spacial score (nSPS) is 14.1. The largest absolute Gasteiger partial charge is 0.544 e. The first-order valence-electron chi connectivity index (χ1n) is 23.8. The van der Waals surface area contributed by atoms with E-state index in [-0.39, 0.29) is 49.1 Å². The molecule has 8 nitrogen and oxygen atoms in total. The molecule has 0 aliphatic carbocycles. The zero-order valence-electron chi connectivity index (χ0n) is 39.9. The number of esters is 2. The van der Waals surface area contributed by atoms with Gasteiger partial charge in [0.25, 0.3) is 0 Å². The highest BCUT2D eigenvalue weighted by atomic mass is 16.6. The smallest absolute Gasteiger partial charge is 0.306 e. The van der Waals surface area contributed by atoms with Crippen LogP contribution < -0.4 is 5.11 Å². The lowest BCUT2D eigenvalue weighted by atomic mass is 10.1. The Hall–Kier alpha value is -4.53. The number of hydrogen-bond acceptors (Lipinski definition) is 7. The van der Waals surface area contributed by atoms with Crippen molar-refractivity contribution >= 4 is 17.9 Å². The van der Waals surface area contributed by atoms with E-state index >= 15 is 0 Å². The topological polar surface area (TPSA) is 102 Å². The Kier molecular flexibility index (Phi) is 40.9. The van der Waals surface area contributed by atoms with E-state index in [1.807, 2.05) is 72.9 Å². The summed E-state index contributed by atoms with van der Waals surface area (Å²) in [6.07, 6.45) is 63.3. The molecule has 0 bridgehead atoms. The van der Waals surface area contributed by atoms with Gasteiger partial charge in [-0.3, -0.25) is 9.59 Å². The molecule has 0 spiro atoms. The van der Waals surface area contributed by atoms with Gasteiger partial charge in [0.15, 0.2) is 6.10 Å². The summed E-state index contributed by atoms with van der Waals surface area (Å²) in [4.78, 5) is 37.0. The van der Waals surface area contributed by atoms with Gasteiger partial charge in [0, 0.05) is 19.3 Å². The first-order chi connectivity index (χ1) is 30.6. The Labute approximate surface area is 383 Å². The van der Waals surface area contributed by atoms with Crippen molar-refractivity contribution < 1.29 is 38.2 Å². The molecule has 0 aliphatic heterocycles. The maximum absolute atomic E-state index is 12.8. The Bertz CT molecular complexity index is 1480. The van der Waals surface area contributed by atoms with E-state index in [4.69, 9.17) is 14.2 Å². The molecule has 0 rings (SSSR count). The maximum Gasteiger partial charge on any atom is 0.306 e. The summed E-state index contributed by atoms with van der Waals surface area (Å²) in [5, 5.41) is 11.7. The molecule has 0 aromatic carbocycles. The van der Waals surface area contributed by atoms with E-state index in [0.717, 1.165) is 83.5 Å². The zero-order valence-corrected chi connectivity index (χ0v) is 39.9. The molecular weight excluding hydrogens is 787 g/mol. The van der Waals surface area contributed by atoms with Crippen LogP contribution in [0.3, 0.4) is 0 Å². The Morgan fingerprint density at radius 1 is 0.492 bits per heavy atom. The lowest BCUT2D eigenvalue weighted by Crippen LogP contribution is -2.55. The third-order valence-electron chi connectivity index (χ3n) is 9.73. The van der Waals surface area contributed by atoms with Crippen LogP contribution in [0.4, 0.5) is 0 Å². The number of quaternary nitrogens is 1. The second kappa shape index (κ2) is 44.1. The van der Waals surface area contributed by atoms with Crippen LogP contribution in [0.5, 0.6) is 0 Å². The van der Waals surface area contributed by atoms with Gasteiger partial charge in [-0.2, -0.15) is 0 Å². The van der Waals surface area contributed by atoms with E-state index in [9.17, 15) is 19.5 Å². The molecule has 63 heavy (non-hydrogen) atoms. The third-order valence-corrected chi connectivity index (χ3v) is 9.73. The van der Waals surface area contributed by atoms with Crippen molar-refractivity contribution in [3.8, 4) is 0 Å². The number of hydrogen-bond donors (Lipinski definition) is 0. The molecule has 0 radical (unpaired) electrons. The highest BCUT2D eigenvalue weighted by Crippen LogP contribution is 2.13. The SMILES string of the molecule is CC/C=C/C=C/C=C/C=C/C=C/C=C/C=C/CCCCCC(=O)OC(COCCC(C(=O)[O-])[N+](C)(C)C)COC(=O)CCCCCCCCC/C=C/C/C=C/C/C=C/C/C=C/CC. The highest BCUT2D eigenvalue weighted by molar-refractivity contribution is 5.70. The van der Waals surface area contributed by atoms with Gasteiger partial charge in [-0.05, 0) is 70.6 Å². The summed E-state index contributed by atoms with van der Waals surface area (Å²) in [5.74, 6) is -1.83. The van der Waals surface area contributed by atoms with Crippen molar-refractivity contribution in [2.24, 2.45) is 0 Å². The molecule has 0 amide bonds. The van der Waals surface area contributed by atoms with Crippen LogP contribution in [-0.4, -0.2) is 75.5 Å². The molecular formula is C55H85NO7. The number of carbonyl (C=O) groups excluding carboxylic acids is 3. The maximum atomic E-state index is 12.8. The van der Waals surface area contributed by atoms with Crippen LogP contribution in [0, 0.1) is 0 Å². The fraction of sp³-hybridized carbons (Fsp3) is 0.545. The van der Waals surface area contributed by atoms with Crippen LogP contribution in [0.15, 0.2) is 134 Å². The van der Waals surface area contributed by atoms with Gasteiger partial charge in [0.05, 0.1) is 40.3 Å². The number of carboxylic acids is 1. The number of allylic oxidation sites excluding steroid dienone is 22. The molecule has 2 atom stereocenters. The number of rotatable bonds is 40. The van der Waals surface area contributed by atoms with Gasteiger partial charge in [0.2, 0.25) is 0 Å². The summed E-state index contributed by atoms with van der Waals surface area (Å²) in [6, 6.07) is -0.746. The fourth-order valence-corrected chi connectivity index (χ4v) is 6.10. The van der Waals surface area contributed by atoms with Gasteiger partial charge in [-0.1, -0.05) is 186 Å². The van der Waals surface area contributed by atoms with Crippen LogP contribution in [0.1, 0.15) is 142 Å². The van der Waals surface area contributed by atoms with Crippen molar-refractivity contribution in [3.05, 3.63) is 134 Å². The van der Waals surface area contributed by atoms with Crippen molar-refractivity contribution in [1.29, 1.82) is 0 Å². The Balaban J connectivity index is 4.45. The number of ether oxygens (including phenoxy) is 3. The number of nitrogens with zero attached hydrogens (tertiary/aromatic N) is 1. The molecule has 0 saturated carbocycles. The molecule has 8 heteroatoms. The number of unbranched alkanes of at least 4 members (excludes halogenated alkanes) is 10. The van der Waals surface area contributed by atoms with Crippen molar-refractivity contribution in [1.82, 2.24) is 0 Å². The Morgan fingerprint density at radius 3 is 1.44 bits per heavy atom. The van der Waals surface area contributed by atoms with Crippen molar-refractivity contribution in [2.75, 3.05) is 41.0 Å². The molecule has 0 aliphatic rings. The average molecular weight is 872 g/mol. The fourth-order valence-electron chi connectivity index (χ4n) is 6.10. The summed E-state index contributed by atoms with van der Waals surface area (Å²) in [7, 11) is 5.37. The standard InChI is InChI=1S/C55H85NO7/c1-6-8-10-12-14-16-18-20-22-24-26-28-29-31-33-35-37-39-41-43-45-53(57)62-50-51(49-61-48-47-52(55(59)60)56(3,4)5)63-54(58)46-44-42-40-38-36-34-32-30-27-25-23-21-19-17-15-13-11-9-7-2/h8-11,13-17,19-23,25-28,30,32,34,36,51-52H,6-7,12,18,24,29,31,33,35,37-50H2,1-5H3/b10-8+,11-9+,15-13+,16-14+,19-17+,22-20+,23-21+,27-25+,28-26+,32-30+,36-34+. The van der Waals surface area contributed by atoms with E-state index in [1.54, 1.807) is 21.1 Å². The van der Waals surface area contributed by atoms with E-state index in [1.165, 1.54) is 19.3 Å². The summed E-state index contributed by atoms with van der Waals surface area (Å²) < 4.78 is 17.1. The summed E-state index contributed by atoms with van der Waals surface area (Å²) in [5.41, 5.74) is 0. The molecule has 352 valence electrons. The number of carbonyl (C=O) groups is 3. The van der Waals surface area contributed by atoms with Crippen LogP contribution in [0.25, 0.3) is 0 Å². The molecule has 0 fully saturated rings. The van der Waals surface area contributed by atoms with Gasteiger partial charge in [0.1, 0.15) is 12.6 Å². The lowest BCUT2D eigenvalue weighted by molar-refractivity contribution is -0.889. The Morgan fingerprint density at radius 2 is 0.921 bits per heavy atom. The number of carboxylic acid groups (broad SMARTS) is 1. The molecule has 0 saturated heterocycles. The van der Waals surface area contributed by atoms with Gasteiger partial charge in [-0.15, -0.1) is 0 Å². The first-order valence-corrected chi connectivity index (χ1v) is 23.8. The van der Waals surface area contributed by atoms with Crippen molar-refractivity contribution in [3.63, 3.8) is 0 Å². The second-order valence-corrected chi connectivity index (χ2v) is 16.4. The number of likely N-dealkylation sites (N-methyl/N-ethyl adjacent to an activating group) is 1. The average Bonchev–Trinajstić information content (AvgIpc) is 3.24. The minimum absolute atomic E-state index is 0.00778. The third kappa shape index (κ3) is 42.5. The van der Waals surface area contributed by atoms with Gasteiger partial charge < -0.3 is 28.6 Å². The molecule has 0 N–H and O–H groups in total. The quantitative estimate of drug-likeness (QED) is 0.0199. The van der Waals surface area contributed by atoms with Gasteiger partial charge in [-0.25, -0.2) is 0 Å². The summed E-state index contributed by atoms with van der Waals surface area (Å²) in [6.45, 7) is 4.31. The van der Waals surface area contributed by atoms with E-state index < -0.39 is 18.1 Å². The monoisotopic (exact) mass is 872 g/mol. The van der Waals surface area contributed by atoms with E-state index in [0.29, 0.717) is 12.8 Å². The molecule has 0 heterocycles. The van der Waals surface area contributed by atoms with Gasteiger partial charge >= 0.3 is 11.9 Å². The minimum Gasteiger partial charge on any atom is -0.544 e. The molecule has 0 aromatic rings. The van der Waals surface area contributed by atoms with Crippen molar-refractivity contribution in [2.45, 2.75) is 154 Å². The molecule has 2 unspecified atom stereocenters. The summed E-state index contributed by atoms with van der Waals surface area (Å²) >= 11 is 0. The zero-order chi connectivity index (χ0) is 46.3. The lowest BCUT2D eigenvalue weighted by Gasteiger charge is -2.34. The minimum atomic E-state index is -1.14. The van der Waals surface area contributed by atoms with Crippen LogP contribution >= 0.6 is 0 Å². The van der Waals surface area contributed by atoms with Crippen LogP contribution in [0.2, 0.25) is 0 Å². The van der Waals surface area contributed by atoms with E-state index in [2.05, 4.69) is 74.6 Å². The predicted octanol–water partition coefficient (Wildman–Crippen LogP) is 12.2. The van der Waals surface area contributed by atoms with Crippen LogP contribution in [-0.2, 0) is 28.6 Å². The molecule has 0 aromatic heterocycles. The first kappa shape index (κ1) is 58.5.